The molecule has 258 valence electrons. The molecule has 4 aromatic heterocycles. The third kappa shape index (κ3) is 6.36. The molecule has 0 saturated carbocycles. The van der Waals surface area contributed by atoms with Crippen LogP contribution in [-0.2, 0) is 16.4 Å². The van der Waals surface area contributed by atoms with Crippen molar-refractivity contribution in [1.82, 2.24) is 29.5 Å². The third-order valence-electron chi connectivity index (χ3n) is 8.80. The van der Waals surface area contributed by atoms with Gasteiger partial charge in [0.25, 0.3) is 10.0 Å². The maximum atomic E-state index is 13.5. The standard InChI is InChI=1S/C36H37N7O6S/c1-22-30-33(43(42-22)50(46,47)25-14-10-7-11-15-25)38-20-28(39-30)27-18-29(32(37)40-31(27)26-16-17-48-23(26)2)49-21-36(35(3,4)5,41-34(44)45)19-24-12-8-6-9-13-24/h6-18,20,41H,19,21H2,1-5H3,(H2,37,40)(H,44,45)/t36-/m1/s1. The fourth-order valence-corrected chi connectivity index (χ4v) is 7.08. The Kier molecular flexibility index (Phi) is 8.82. The largest absolute Gasteiger partial charge is 0.487 e. The molecule has 50 heavy (non-hydrogen) atoms. The summed E-state index contributed by atoms with van der Waals surface area (Å²) >= 11 is 0. The lowest BCUT2D eigenvalue weighted by atomic mass is 9.70. The normalized spacial score (nSPS) is 13.2. The van der Waals surface area contributed by atoms with Gasteiger partial charge in [-0.05, 0) is 55.5 Å². The average molecular weight is 696 g/mol. The molecule has 0 bridgehead atoms. The van der Waals surface area contributed by atoms with E-state index < -0.39 is 27.1 Å². The molecule has 4 N–H and O–H groups in total. The summed E-state index contributed by atoms with van der Waals surface area (Å²) in [5.41, 5.74) is 8.35. The summed E-state index contributed by atoms with van der Waals surface area (Å²) in [4.78, 5) is 26.3. The second-order valence-electron chi connectivity index (χ2n) is 13.0. The first-order valence-corrected chi connectivity index (χ1v) is 17.2. The number of nitrogen functional groups attached to an aromatic ring is 1. The van der Waals surface area contributed by atoms with Crippen molar-refractivity contribution in [2.75, 3.05) is 12.3 Å². The van der Waals surface area contributed by atoms with E-state index in [4.69, 9.17) is 24.9 Å². The summed E-state index contributed by atoms with van der Waals surface area (Å²) in [5, 5.41) is 17.0. The van der Waals surface area contributed by atoms with Gasteiger partial charge in [-0.15, -0.1) is 4.09 Å². The first-order chi connectivity index (χ1) is 23.7. The van der Waals surface area contributed by atoms with E-state index in [1.165, 1.54) is 24.6 Å². The van der Waals surface area contributed by atoms with Crippen molar-refractivity contribution in [2.45, 2.75) is 51.5 Å². The maximum absolute atomic E-state index is 13.5. The number of ether oxygens (including phenoxy) is 1. The van der Waals surface area contributed by atoms with Crippen molar-refractivity contribution in [2.24, 2.45) is 5.41 Å². The molecule has 0 fully saturated rings. The molecule has 0 aliphatic rings. The number of fused-ring (bicyclic) bond motifs is 1. The molecule has 14 heteroatoms. The molecular weight excluding hydrogens is 659 g/mol. The number of hydrogen-bond acceptors (Lipinski definition) is 10. The molecule has 13 nitrogen and oxygen atoms in total. The lowest BCUT2D eigenvalue weighted by Gasteiger charge is -2.44. The van der Waals surface area contributed by atoms with E-state index in [0.717, 1.165) is 9.65 Å². The molecule has 1 amide bonds. The van der Waals surface area contributed by atoms with Gasteiger partial charge in [0.15, 0.2) is 17.2 Å². The van der Waals surface area contributed by atoms with E-state index in [1.807, 2.05) is 51.1 Å². The molecular formula is C36H37N7O6S. The van der Waals surface area contributed by atoms with Crippen LogP contribution < -0.4 is 15.8 Å². The van der Waals surface area contributed by atoms with Crippen molar-refractivity contribution in [1.29, 1.82) is 0 Å². The summed E-state index contributed by atoms with van der Waals surface area (Å²) in [7, 11) is -4.05. The zero-order valence-electron chi connectivity index (χ0n) is 28.2. The van der Waals surface area contributed by atoms with Crippen molar-refractivity contribution < 1.29 is 27.5 Å². The lowest BCUT2D eigenvalue weighted by Crippen LogP contribution is -2.62. The maximum Gasteiger partial charge on any atom is 0.405 e. The molecule has 2 aromatic carbocycles. The number of carbonyl (C=O) groups is 1. The van der Waals surface area contributed by atoms with Crippen molar-refractivity contribution >= 4 is 33.1 Å². The van der Waals surface area contributed by atoms with Gasteiger partial charge in [-0.2, -0.15) is 13.5 Å². The Hall–Kier alpha value is -5.76. The van der Waals surface area contributed by atoms with Crippen LogP contribution in [0, 0.1) is 19.3 Å². The Morgan fingerprint density at radius 3 is 2.30 bits per heavy atom. The van der Waals surface area contributed by atoms with Crippen LogP contribution in [0.2, 0.25) is 0 Å². The van der Waals surface area contributed by atoms with Crippen molar-refractivity contribution in [3.63, 3.8) is 0 Å². The number of aryl methyl sites for hydroxylation is 2. The highest BCUT2D eigenvalue weighted by Gasteiger charge is 2.44. The van der Waals surface area contributed by atoms with E-state index >= 15 is 0 Å². The predicted octanol–water partition coefficient (Wildman–Crippen LogP) is 6.26. The third-order valence-corrected chi connectivity index (χ3v) is 10.4. The number of nitrogens with zero attached hydrogens (tertiary/aromatic N) is 5. The predicted molar refractivity (Wildman–Crippen MR) is 188 cm³/mol. The van der Waals surface area contributed by atoms with Crippen LogP contribution in [0.4, 0.5) is 10.6 Å². The SMILES string of the molecule is Cc1occc1-c1nc(N)c(OC[C@@](Cc2ccccc2)(NC(=O)O)C(C)(C)C)cc1-c1cnc2c(n1)c(C)nn2S(=O)(=O)c1ccccc1. The van der Waals surface area contributed by atoms with E-state index in [-0.39, 0.29) is 34.2 Å². The monoisotopic (exact) mass is 695 g/mol. The highest BCUT2D eigenvalue weighted by Crippen LogP contribution is 2.40. The minimum Gasteiger partial charge on any atom is -0.487 e. The summed E-state index contributed by atoms with van der Waals surface area (Å²) in [6.07, 6.45) is 2.13. The van der Waals surface area contributed by atoms with Crippen LogP contribution in [0.15, 0.2) is 94.6 Å². The number of anilines is 1. The molecule has 4 heterocycles. The number of amides is 1. The quantitative estimate of drug-likeness (QED) is 0.147. The molecule has 0 spiro atoms. The fraction of sp³-hybridized carbons (Fsp3) is 0.250. The zero-order chi connectivity index (χ0) is 35.8. The van der Waals surface area contributed by atoms with Gasteiger partial charge in [0.05, 0.1) is 40.0 Å². The van der Waals surface area contributed by atoms with Crippen LogP contribution in [0.3, 0.4) is 0 Å². The highest BCUT2D eigenvalue weighted by molar-refractivity contribution is 7.90. The Bertz CT molecular complexity index is 2300. The van der Waals surface area contributed by atoms with Gasteiger partial charge in [-0.3, -0.25) is 0 Å². The molecule has 6 aromatic rings. The minimum absolute atomic E-state index is 0.0617. The molecule has 1 atom stereocenters. The highest BCUT2D eigenvalue weighted by atomic mass is 32.2. The number of carboxylic acid groups (broad SMARTS) is 1. The van der Waals surface area contributed by atoms with Gasteiger partial charge in [-0.1, -0.05) is 69.3 Å². The smallest absolute Gasteiger partial charge is 0.405 e. The second-order valence-corrected chi connectivity index (χ2v) is 14.8. The van der Waals surface area contributed by atoms with Crippen molar-refractivity contribution in [3.8, 4) is 28.3 Å². The minimum atomic E-state index is -4.05. The number of pyridine rings is 1. The van der Waals surface area contributed by atoms with Crippen molar-refractivity contribution in [3.05, 3.63) is 102 Å². The Balaban J connectivity index is 1.46. The van der Waals surface area contributed by atoms with E-state index in [2.05, 4.69) is 15.4 Å². The van der Waals surface area contributed by atoms with Crippen LogP contribution in [0.1, 0.15) is 37.8 Å². The van der Waals surface area contributed by atoms with Gasteiger partial charge in [0.2, 0.25) is 0 Å². The summed E-state index contributed by atoms with van der Waals surface area (Å²) in [5.74, 6) is 0.841. The van der Waals surface area contributed by atoms with E-state index in [9.17, 15) is 18.3 Å². The Labute approximate surface area is 289 Å². The number of nitrogens with one attached hydrogen (secondary N) is 1. The number of nitrogens with two attached hydrogens (primary N) is 1. The first-order valence-electron chi connectivity index (χ1n) is 15.8. The van der Waals surface area contributed by atoms with E-state index in [0.29, 0.717) is 40.4 Å². The van der Waals surface area contributed by atoms with Crippen LogP contribution in [0.25, 0.3) is 33.7 Å². The Morgan fingerprint density at radius 1 is 1.00 bits per heavy atom. The second kappa shape index (κ2) is 12.9. The number of furan rings is 1. The number of benzene rings is 2. The summed E-state index contributed by atoms with van der Waals surface area (Å²) in [6.45, 7) is 9.19. The molecule has 0 radical (unpaired) electrons. The van der Waals surface area contributed by atoms with Crippen LogP contribution >= 0.6 is 0 Å². The topological polar surface area (TPSA) is 188 Å². The Morgan fingerprint density at radius 2 is 1.68 bits per heavy atom. The average Bonchev–Trinajstić information content (AvgIpc) is 3.66. The van der Waals surface area contributed by atoms with Gasteiger partial charge in [0, 0.05) is 11.1 Å². The van der Waals surface area contributed by atoms with Gasteiger partial charge >= 0.3 is 6.09 Å². The molecule has 0 unspecified atom stereocenters. The zero-order valence-corrected chi connectivity index (χ0v) is 29.0. The van der Waals surface area contributed by atoms with E-state index in [1.54, 1.807) is 44.2 Å². The van der Waals surface area contributed by atoms with Gasteiger partial charge < -0.3 is 25.3 Å². The lowest BCUT2D eigenvalue weighted by molar-refractivity contribution is 0.0690. The van der Waals surface area contributed by atoms with Crippen LogP contribution in [0.5, 0.6) is 5.75 Å². The van der Waals surface area contributed by atoms with Crippen LogP contribution in [-0.4, -0.2) is 55.9 Å². The number of hydrogen-bond donors (Lipinski definition) is 3. The number of rotatable bonds is 10. The fourth-order valence-electron chi connectivity index (χ4n) is 5.79. The summed E-state index contributed by atoms with van der Waals surface area (Å²) in [6, 6.07) is 21.0. The summed E-state index contributed by atoms with van der Waals surface area (Å²) < 4.78 is 39.8. The first kappa shape index (κ1) is 34.1. The van der Waals surface area contributed by atoms with Gasteiger partial charge in [0.1, 0.15) is 17.9 Å². The van der Waals surface area contributed by atoms with Gasteiger partial charge in [-0.25, -0.2) is 19.7 Å². The number of aromatic nitrogens is 5. The molecule has 0 aliphatic heterocycles. The molecule has 6 rings (SSSR count). The molecule has 0 saturated heterocycles. The molecule has 0 aliphatic carbocycles.